The van der Waals surface area contributed by atoms with E-state index < -0.39 is 11.4 Å². The Morgan fingerprint density at radius 3 is 2.53 bits per heavy atom. The van der Waals surface area contributed by atoms with Crippen molar-refractivity contribution in [2.75, 3.05) is 5.32 Å². The van der Waals surface area contributed by atoms with Crippen LogP contribution in [-0.4, -0.2) is 32.2 Å². The van der Waals surface area contributed by atoms with Crippen molar-refractivity contribution in [2.24, 2.45) is 5.41 Å². The van der Waals surface area contributed by atoms with E-state index in [2.05, 4.69) is 20.5 Å². The molecule has 94 valence electrons. The first-order valence-corrected chi connectivity index (χ1v) is 5.42. The summed E-state index contributed by atoms with van der Waals surface area (Å²) in [5.41, 5.74) is -1.01. The third kappa shape index (κ3) is 3.02. The summed E-state index contributed by atoms with van der Waals surface area (Å²) in [5, 5.41) is 17.7. The van der Waals surface area contributed by atoms with Crippen molar-refractivity contribution in [3.63, 3.8) is 0 Å². The number of carboxylic acid groups (broad SMARTS) is 1. The number of aliphatic carboxylic acids is 1. The molecular formula is C10H16N4O3. The molecule has 0 aliphatic heterocycles. The molecule has 0 unspecified atom stereocenters. The molecule has 0 spiro atoms. The van der Waals surface area contributed by atoms with E-state index >= 15 is 0 Å². The number of aromatic nitrogens is 3. The highest BCUT2D eigenvalue weighted by atomic mass is 16.4. The summed E-state index contributed by atoms with van der Waals surface area (Å²) >= 11 is 0. The second kappa shape index (κ2) is 5.42. The molecule has 0 atom stereocenters. The fourth-order valence-electron chi connectivity index (χ4n) is 1.63. The number of hydrogen-bond donors (Lipinski definition) is 3. The average Bonchev–Trinajstić information content (AvgIpc) is 2.78. The van der Waals surface area contributed by atoms with E-state index in [1.807, 2.05) is 0 Å². The van der Waals surface area contributed by atoms with Crippen LogP contribution in [0.25, 0.3) is 0 Å². The van der Waals surface area contributed by atoms with Gasteiger partial charge in [-0.05, 0) is 12.8 Å². The molecule has 0 aliphatic rings. The van der Waals surface area contributed by atoms with Gasteiger partial charge in [0.1, 0.15) is 6.33 Å². The number of nitrogens with zero attached hydrogens (tertiary/aromatic N) is 2. The average molecular weight is 240 g/mol. The Morgan fingerprint density at radius 2 is 2.12 bits per heavy atom. The summed E-state index contributed by atoms with van der Waals surface area (Å²) in [7, 11) is 0. The Hall–Kier alpha value is -1.92. The monoisotopic (exact) mass is 240 g/mol. The largest absolute Gasteiger partial charge is 0.481 e. The first-order chi connectivity index (χ1) is 8.04. The maximum Gasteiger partial charge on any atom is 0.310 e. The molecule has 0 bridgehead atoms. The first-order valence-electron chi connectivity index (χ1n) is 5.42. The Morgan fingerprint density at radius 1 is 1.47 bits per heavy atom. The van der Waals surface area contributed by atoms with E-state index in [4.69, 9.17) is 0 Å². The van der Waals surface area contributed by atoms with Crippen LogP contribution in [0.15, 0.2) is 6.33 Å². The summed E-state index contributed by atoms with van der Waals surface area (Å²) in [5.74, 6) is -1.11. The van der Waals surface area contributed by atoms with Crippen molar-refractivity contribution in [3.05, 3.63) is 6.33 Å². The Labute approximate surface area is 98.6 Å². The topological polar surface area (TPSA) is 108 Å². The zero-order valence-electron chi connectivity index (χ0n) is 9.86. The van der Waals surface area contributed by atoms with Gasteiger partial charge in [0.25, 0.3) is 0 Å². The number of amides is 1. The number of H-pyrrole nitrogens is 1. The molecular weight excluding hydrogens is 224 g/mol. The van der Waals surface area contributed by atoms with Gasteiger partial charge in [0.15, 0.2) is 0 Å². The van der Waals surface area contributed by atoms with Gasteiger partial charge in [-0.2, -0.15) is 10.1 Å². The normalized spacial score (nSPS) is 11.2. The lowest BCUT2D eigenvalue weighted by Gasteiger charge is -2.25. The molecule has 0 saturated carbocycles. The minimum atomic E-state index is -1.01. The van der Waals surface area contributed by atoms with E-state index in [0.717, 1.165) is 0 Å². The number of nitrogens with one attached hydrogen (secondary N) is 2. The van der Waals surface area contributed by atoms with Crippen LogP contribution in [0, 0.1) is 5.41 Å². The second-order valence-electron chi connectivity index (χ2n) is 3.85. The lowest BCUT2D eigenvalue weighted by Crippen LogP contribution is -2.34. The van der Waals surface area contributed by atoms with Crippen molar-refractivity contribution in [3.8, 4) is 0 Å². The summed E-state index contributed by atoms with van der Waals surface area (Å²) in [6.07, 6.45) is 2.00. The molecule has 0 aliphatic carbocycles. The minimum absolute atomic E-state index is 0.0734. The lowest BCUT2D eigenvalue weighted by molar-refractivity contribution is -0.151. The van der Waals surface area contributed by atoms with Gasteiger partial charge in [-0.25, -0.2) is 5.10 Å². The highest BCUT2D eigenvalue weighted by Gasteiger charge is 2.37. The van der Waals surface area contributed by atoms with Crippen LogP contribution in [0.5, 0.6) is 0 Å². The van der Waals surface area contributed by atoms with Gasteiger partial charge in [-0.1, -0.05) is 13.8 Å². The number of aromatic amines is 1. The zero-order valence-corrected chi connectivity index (χ0v) is 9.86. The molecule has 1 heterocycles. The predicted octanol–water partition coefficient (Wildman–Crippen LogP) is 1.02. The van der Waals surface area contributed by atoms with Crippen molar-refractivity contribution in [1.29, 1.82) is 0 Å². The molecule has 3 N–H and O–H groups in total. The predicted molar refractivity (Wildman–Crippen MR) is 60.3 cm³/mol. The smallest absolute Gasteiger partial charge is 0.310 e. The van der Waals surface area contributed by atoms with Gasteiger partial charge in [-0.15, -0.1) is 0 Å². The number of hydrogen-bond acceptors (Lipinski definition) is 4. The lowest BCUT2D eigenvalue weighted by atomic mass is 9.79. The summed E-state index contributed by atoms with van der Waals surface area (Å²) in [6.45, 7) is 3.53. The molecule has 0 aromatic carbocycles. The van der Waals surface area contributed by atoms with Crippen molar-refractivity contribution in [2.45, 2.75) is 33.1 Å². The molecule has 1 aromatic rings. The fourth-order valence-corrected chi connectivity index (χ4v) is 1.63. The summed E-state index contributed by atoms with van der Waals surface area (Å²) in [6, 6.07) is 0. The summed E-state index contributed by atoms with van der Waals surface area (Å²) < 4.78 is 0. The first kappa shape index (κ1) is 13.1. The SMILES string of the molecule is CCC(CC)(CC(=O)Nc1ncn[nH]1)C(=O)O. The number of carboxylic acids is 1. The molecule has 0 saturated heterocycles. The number of rotatable bonds is 6. The van der Waals surface area contributed by atoms with Crippen LogP contribution in [0.2, 0.25) is 0 Å². The molecule has 1 aromatic heterocycles. The second-order valence-corrected chi connectivity index (χ2v) is 3.85. The summed E-state index contributed by atoms with van der Waals surface area (Å²) in [4.78, 5) is 26.6. The van der Waals surface area contributed by atoms with Crippen molar-refractivity contribution >= 4 is 17.8 Å². The van der Waals surface area contributed by atoms with E-state index in [-0.39, 0.29) is 18.3 Å². The number of carbonyl (C=O) groups is 2. The Kier molecular flexibility index (Phi) is 4.19. The van der Waals surface area contributed by atoms with E-state index in [0.29, 0.717) is 12.8 Å². The van der Waals surface area contributed by atoms with Gasteiger partial charge in [0.05, 0.1) is 5.41 Å². The Balaban J connectivity index is 2.68. The standard InChI is InChI=1S/C10H16N4O3/c1-3-10(4-2,8(16)17)5-7(15)13-9-11-6-12-14-9/h6H,3-5H2,1-2H3,(H,16,17)(H2,11,12,13,14,15). The molecule has 7 nitrogen and oxygen atoms in total. The van der Waals surface area contributed by atoms with Crippen molar-refractivity contribution < 1.29 is 14.7 Å². The molecule has 1 rings (SSSR count). The number of carbonyl (C=O) groups excluding carboxylic acids is 1. The van der Waals surface area contributed by atoms with Gasteiger partial charge in [0, 0.05) is 6.42 Å². The van der Waals surface area contributed by atoms with Gasteiger partial charge in [0.2, 0.25) is 11.9 Å². The van der Waals surface area contributed by atoms with Crippen molar-refractivity contribution in [1.82, 2.24) is 15.2 Å². The van der Waals surface area contributed by atoms with Gasteiger partial charge >= 0.3 is 5.97 Å². The maximum absolute atomic E-state index is 11.7. The third-order valence-electron chi connectivity index (χ3n) is 2.98. The van der Waals surface area contributed by atoms with Crippen LogP contribution in [0.1, 0.15) is 33.1 Å². The Bertz CT molecular complexity index is 384. The van der Waals surface area contributed by atoms with Crippen LogP contribution >= 0.6 is 0 Å². The fraction of sp³-hybridized carbons (Fsp3) is 0.600. The van der Waals surface area contributed by atoms with Crippen LogP contribution in [0.3, 0.4) is 0 Å². The molecule has 1 amide bonds. The molecule has 0 fully saturated rings. The number of anilines is 1. The minimum Gasteiger partial charge on any atom is -0.481 e. The third-order valence-corrected chi connectivity index (χ3v) is 2.98. The highest BCUT2D eigenvalue weighted by molar-refractivity contribution is 5.92. The van der Waals surface area contributed by atoms with Crippen LogP contribution in [0.4, 0.5) is 5.95 Å². The van der Waals surface area contributed by atoms with E-state index in [1.165, 1.54) is 6.33 Å². The molecule has 7 heteroatoms. The molecule has 0 radical (unpaired) electrons. The van der Waals surface area contributed by atoms with Gasteiger partial charge in [-0.3, -0.25) is 14.9 Å². The maximum atomic E-state index is 11.7. The zero-order chi connectivity index (χ0) is 12.9. The van der Waals surface area contributed by atoms with E-state index in [9.17, 15) is 14.7 Å². The molecule has 17 heavy (non-hydrogen) atoms. The van der Waals surface area contributed by atoms with Crippen LogP contribution in [-0.2, 0) is 9.59 Å². The van der Waals surface area contributed by atoms with Crippen LogP contribution < -0.4 is 5.32 Å². The highest BCUT2D eigenvalue weighted by Crippen LogP contribution is 2.31. The quantitative estimate of drug-likeness (QED) is 0.688. The van der Waals surface area contributed by atoms with Gasteiger partial charge < -0.3 is 5.11 Å². The van der Waals surface area contributed by atoms with E-state index in [1.54, 1.807) is 13.8 Å².